The zero-order valence-electron chi connectivity index (χ0n) is 11.6. The van der Waals surface area contributed by atoms with Crippen molar-refractivity contribution in [3.8, 4) is 5.75 Å². The minimum absolute atomic E-state index is 0.0302. The molecule has 0 bridgehead atoms. The number of likely N-dealkylation sites (tertiary alicyclic amines) is 1. The molecule has 1 atom stereocenters. The molecule has 20 heavy (non-hydrogen) atoms. The van der Waals surface area contributed by atoms with Crippen molar-refractivity contribution < 1.29 is 13.9 Å². The largest absolute Gasteiger partial charge is 0.493 e. The minimum atomic E-state index is -0.376. The first-order valence-corrected chi connectivity index (χ1v) is 7.43. The van der Waals surface area contributed by atoms with Gasteiger partial charge in [-0.05, 0) is 50.6 Å². The molecule has 1 saturated heterocycles. The van der Waals surface area contributed by atoms with Crippen LogP contribution < -0.4 is 4.74 Å². The maximum atomic E-state index is 13.4. The first-order chi connectivity index (χ1) is 9.74. The lowest BCUT2D eigenvalue weighted by molar-refractivity contribution is 0.0859. The number of halogens is 1. The Bertz CT molecular complexity index is 497. The summed E-state index contributed by atoms with van der Waals surface area (Å²) in [6.45, 7) is 3.45. The number of ether oxygens (including phenoxy) is 1. The van der Waals surface area contributed by atoms with Gasteiger partial charge in [0, 0.05) is 12.5 Å². The van der Waals surface area contributed by atoms with E-state index in [1.54, 1.807) is 6.07 Å². The molecular formula is C16H20FNO2. The van der Waals surface area contributed by atoms with Crippen LogP contribution in [0.25, 0.3) is 0 Å². The SMILES string of the molecule is O=C1c2cc(F)ccc2OCCC1CN1CCCCC1. The molecule has 4 heteroatoms. The minimum Gasteiger partial charge on any atom is -0.493 e. The molecule has 0 amide bonds. The van der Waals surface area contributed by atoms with Gasteiger partial charge in [0.2, 0.25) is 0 Å². The predicted molar refractivity (Wildman–Crippen MR) is 74.6 cm³/mol. The van der Waals surface area contributed by atoms with Gasteiger partial charge >= 0.3 is 0 Å². The molecule has 2 heterocycles. The van der Waals surface area contributed by atoms with Crippen LogP contribution >= 0.6 is 0 Å². The van der Waals surface area contributed by atoms with Crippen LogP contribution in [0.1, 0.15) is 36.0 Å². The van der Waals surface area contributed by atoms with Crippen molar-refractivity contribution in [2.45, 2.75) is 25.7 Å². The molecule has 0 saturated carbocycles. The Hall–Kier alpha value is -1.42. The van der Waals surface area contributed by atoms with Gasteiger partial charge in [0.1, 0.15) is 11.6 Å². The van der Waals surface area contributed by atoms with Gasteiger partial charge in [0.05, 0.1) is 12.2 Å². The molecule has 0 N–H and O–H groups in total. The number of hydrogen-bond acceptors (Lipinski definition) is 3. The molecule has 3 rings (SSSR count). The lowest BCUT2D eigenvalue weighted by Crippen LogP contribution is -2.36. The van der Waals surface area contributed by atoms with Gasteiger partial charge in [0.25, 0.3) is 0 Å². The fourth-order valence-corrected chi connectivity index (χ4v) is 3.11. The van der Waals surface area contributed by atoms with Crippen LogP contribution in [0.5, 0.6) is 5.75 Å². The van der Waals surface area contributed by atoms with Gasteiger partial charge in [0.15, 0.2) is 5.78 Å². The number of carbonyl (C=O) groups is 1. The van der Waals surface area contributed by atoms with Crippen LogP contribution in [0, 0.1) is 11.7 Å². The van der Waals surface area contributed by atoms with E-state index in [2.05, 4.69) is 4.90 Å². The van der Waals surface area contributed by atoms with E-state index >= 15 is 0 Å². The fourth-order valence-electron chi connectivity index (χ4n) is 3.11. The highest BCUT2D eigenvalue weighted by atomic mass is 19.1. The number of benzene rings is 1. The second-order valence-corrected chi connectivity index (χ2v) is 5.70. The molecule has 1 aromatic rings. The van der Waals surface area contributed by atoms with E-state index in [-0.39, 0.29) is 17.5 Å². The number of nitrogens with zero attached hydrogens (tertiary/aromatic N) is 1. The summed E-state index contributed by atoms with van der Waals surface area (Å²) < 4.78 is 19.0. The number of carbonyl (C=O) groups excluding carboxylic acids is 1. The number of fused-ring (bicyclic) bond motifs is 1. The average molecular weight is 277 g/mol. The smallest absolute Gasteiger partial charge is 0.171 e. The lowest BCUT2D eigenvalue weighted by Gasteiger charge is -2.29. The molecule has 1 aromatic carbocycles. The zero-order chi connectivity index (χ0) is 13.9. The van der Waals surface area contributed by atoms with E-state index in [0.717, 1.165) is 19.6 Å². The van der Waals surface area contributed by atoms with Gasteiger partial charge in [-0.25, -0.2) is 4.39 Å². The van der Waals surface area contributed by atoms with Crippen molar-refractivity contribution in [1.82, 2.24) is 4.90 Å². The van der Waals surface area contributed by atoms with Crippen molar-refractivity contribution in [3.05, 3.63) is 29.6 Å². The van der Waals surface area contributed by atoms with E-state index in [0.29, 0.717) is 24.3 Å². The van der Waals surface area contributed by atoms with Gasteiger partial charge < -0.3 is 9.64 Å². The highest BCUT2D eigenvalue weighted by molar-refractivity contribution is 6.00. The van der Waals surface area contributed by atoms with E-state index in [1.165, 1.54) is 31.4 Å². The standard InChI is InChI=1S/C16H20FNO2/c17-13-4-5-15-14(10-13)16(19)12(6-9-20-15)11-18-7-2-1-3-8-18/h4-5,10,12H,1-3,6-9,11H2. The van der Waals surface area contributed by atoms with Crippen LogP contribution in [0.2, 0.25) is 0 Å². The summed E-state index contributed by atoms with van der Waals surface area (Å²) >= 11 is 0. The second-order valence-electron chi connectivity index (χ2n) is 5.70. The molecule has 1 fully saturated rings. The van der Waals surface area contributed by atoms with Gasteiger partial charge in [-0.3, -0.25) is 4.79 Å². The summed E-state index contributed by atoms with van der Waals surface area (Å²) in [5, 5.41) is 0. The Morgan fingerprint density at radius 1 is 1.25 bits per heavy atom. The van der Waals surface area contributed by atoms with Gasteiger partial charge in [-0.15, -0.1) is 0 Å². The van der Waals surface area contributed by atoms with Crippen LogP contribution in [0.15, 0.2) is 18.2 Å². The molecule has 1 unspecified atom stereocenters. The second kappa shape index (κ2) is 5.92. The summed E-state index contributed by atoms with van der Waals surface area (Å²) in [7, 11) is 0. The number of hydrogen-bond donors (Lipinski definition) is 0. The Kier molecular flexibility index (Phi) is 4.01. The monoisotopic (exact) mass is 277 g/mol. The molecule has 0 aliphatic carbocycles. The number of Topliss-reactive ketones (excluding diaryl/α,β-unsaturated/α-hetero) is 1. The summed E-state index contributed by atoms with van der Waals surface area (Å²) in [5.74, 6) is 0.107. The van der Waals surface area contributed by atoms with Crippen LogP contribution in [-0.2, 0) is 0 Å². The van der Waals surface area contributed by atoms with Crippen molar-refractivity contribution in [1.29, 1.82) is 0 Å². The van der Waals surface area contributed by atoms with E-state index in [4.69, 9.17) is 4.74 Å². The quantitative estimate of drug-likeness (QED) is 0.832. The molecule has 3 nitrogen and oxygen atoms in total. The lowest BCUT2D eigenvalue weighted by atomic mass is 9.94. The maximum Gasteiger partial charge on any atom is 0.171 e. The zero-order valence-corrected chi connectivity index (χ0v) is 11.6. The first-order valence-electron chi connectivity index (χ1n) is 7.43. The molecule has 0 radical (unpaired) electrons. The van der Waals surface area contributed by atoms with Crippen LogP contribution in [0.4, 0.5) is 4.39 Å². The maximum absolute atomic E-state index is 13.4. The van der Waals surface area contributed by atoms with Crippen molar-refractivity contribution in [2.24, 2.45) is 5.92 Å². The molecule has 0 spiro atoms. The third kappa shape index (κ3) is 2.85. The summed E-state index contributed by atoms with van der Waals surface area (Å²) in [6.07, 6.45) is 4.42. The first kappa shape index (κ1) is 13.6. The Morgan fingerprint density at radius 2 is 2.05 bits per heavy atom. The summed E-state index contributed by atoms with van der Waals surface area (Å²) in [4.78, 5) is 14.9. The molecule has 2 aliphatic heterocycles. The van der Waals surface area contributed by atoms with Crippen LogP contribution in [0.3, 0.4) is 0 Å². The Labute approximate surface area is 118 Å². The summed E-state index contributed by atoms with van der Waals surface area (Å²) in [5.41, 5.74) is 0.407. The van der Waals surface area contributed by atoms with E-state index in [9.17, 15) is 9.18 Å². The Morgan fingerprint density at radius 3 is 2.85 bits per heavy atom. The molecule has 108 valence electrons. The van der Waals surface area contributed by atoms with Crippen molar-refractivity contribution in [3.63, 3.8) is 0 Å². The van der Waals surface area contributed by atoms with Crippen LogP contribution in [-0.4, -0.2) is 36.9 Å². The van der Waals surface area contributed by atoms with Gasteiger partial charge in [-0.2, -0.15) is 0 Å². The number of ketones is 1. The third-order valence-corrected chi connectivity index (χ3v) is 4.23. The molecular weight excluding hydrogens is 257 g/mol. The van der Waals surface area contributed by atoms with E-state index in [1.807, 2.05) is 0 Å². The molecule has 2 aliphatic rings. The Balaban J connectivity index is 1.77. The van der Waals surface area contributed by atoms with Crippen molar-refractivity contribution >= 4 is 5.78 Å². The predicted octanol–water partition coefficient (Wildman–Crippen LogP) is 2.89. The fraction of sp³-hybridized carbons (Fsp3) is 0.562. The summed E-state index contributed by atoms with van der Waals surface area (Å²) in [6, 6.07) is 4.22. The highest BCUT2D eigenvalue weighted by Crippen LogP contribution is 2.28. The molecule has 0 aromatic heterocycles. The van der Waals surface area contributed by atoms with Gasteiger partial charge in [-0.1, -0.05) is 6.42 Å². The highest BCUT2D eigenvalue weighted by Gasteiger charge is 2.28. The normalized spacial score (nSPS) is 23.9. The third-order valence-electron chi connectivity index (χ3n) is 4.23. The van der Waals surface area contributed by atoms with Crippen molar-refractivity contribution in [2.75, 3.05) is 26.2 Å². The van der Waals surface area contributed by atoms with E-state index < -0.39 is 0 Å². The number of piperidine rings is 1. The number of rotatable bonds is 2. The average Bonchev–Trinajstić information content (AvgIpc) is 2.61. The topological polar surface area (TPSA) is 29.5 Å².